The molecule has 0 saturated carbocycles. The summed E-state index contributed by atoms with van der Waals surface area (Å²) in [5.41, 5.74) is 2.48. The van der Waals surface area contributed by atoms with Crippen LogP contribution in [0.3, 0.4) is 0 Å². The fraction of sp³-hybridized carbons (Fsp3) is 0.533. The molecule has 3 unspecified atom stereocenters. The molecule has 2 N–H and O–H groups in total. The first-order valence-corrected chi connectivity index (χ1v) is 6.74. The molecule has 1 aromatic carbocycles. The Morgan fingerprint density at radius 3 is 2.68 bits per heavy atom. The minimum absolute atomic E-state index is 0.00833. The zero-order valence-electron chi connectivity index (χ0n) is 11.4. The fourth-order valence-electron chi connectivity index (χ4n) is 2.32. The predicted octanol–water partition coefficient (Wildman–Crippen LogP) is 2.28. The Hall–Kier alpha value is -1.39. The summed E-state index contributed by atoms with van der Waals surface area (Å²) in [4.78, 5) is 10.8. The van der Waals surface area contributed by atoms with Crippen LogP contribution in [0.2, 0.25) is 0 Å². The highest BCUT2D eigenvalue weighted by molar-refractivity contribution is 5.72. The van der Waals surface area contributed by atoms with E-state index in [0.29, 0.717) is 13.0 Å². The maximum atomic E-state index is 10.8. The Kier molecular flexibility index (Phi) is 4.56. The molecule has 4 nitrogen and oxygen atoms in total. The molecule has 104 valence electrons. The van der Waals surface area contributed by atoms with Crippen molar-refractivity contribution in [2.24, 2.45) is 0 Å². The highest BCUT2D eigenvalue weighted by Gasteiger charge is 2.30. The zero-order chi connectivity index (χ0) is 13.8. The van der Waals surface area contributed by atoms with Crippen LogP contribution in [-0.2, 0) is 9.53 Å². The van der Waals surface area contributed by atoms with Gasteiger partial charge >= 0.3 is 5.97 Å². The van der Waals surface area contributed by atoms with Crippen molar-refractivity contribution in [3.8, 4) is 0 Å². The molecule has 2 rings (SSSR count). The summed E-state index contributed by atoms with van der Waals surface area (Å²) in [6.45, 7) is 4.87. The van der Waals surface area contributed by atoms with Crippen molar-refractivity contribution in [1.82, 2.24) is 5.32 Å². The number of aryl methyl sites for hydroxylation is 1. The Morgan fingerprint density at radius 2 is 2.11 bits per heavy atom. The minimum Gasteiger partial charge on any atom is -0.479 e. The second-order valence-corrected chi connectivity index (χ2v) is 5.20. The molecule has 0 spiro atoms. The highest BCUT2D eigenvalue weighted by atomic mass is 16.5. The van der Waals surface area contributed by atoms with Gasteiger partial charge in [-0.15, -0.1) is 0 Å². The average Bonchev–Trinajstić information content (AvgIpc) is 2.86. The molecule has 0 aromatic heterocycles. The number of benzene rings is 1. The fourth-order valence-corrected chi connectivity index (χ4v) is 2.32. The van der Waals surface area contributed by atoms with Crippen molar-refractivity contribution >= 4 is 5.97 Å². The standard InChI is InChI=1S/C15H21NO3/c1-10-3-5-12(6-4-10)11(2)16-9-13-7-8-14(19-13)15(17)18/h3-6,11,13-14,16H,7-9H2,1-2H3,(H,17,18). The van der Waals surface area contributed by atoms with Crippen molar-refractivity contribution in [3.63, 3.8) is 0 Å². The lowest BCUT2D eigenvalue weighted by Crippen LogP contribution is -2.30. The zero-order valence-corrected chi connectivity index (χ0v) is 11.4. The number of aliphatic carboxylic acids is 1. The van der Waals surface area contributed by atoms with Crippen molar-refractivity contribution in [1.29, 1.82) is 0 Å². The van der Waals surface area contributed by atoms with Crippen LogP contribution in [0, 0.1) is 6.92 Å². The summed E-state index contributed by atoms with van der Waals surface area (Å²) in [5.74, 6) is -0.853. The Balaban J connectivity index is 1.79. The van der Waals surface area contributed by atoms with Gasteiger partial charge in [-0.25, -0.2) is 4.79 Å². The molecule has 1 aromatic rings. The van der Waals surface area contributed by atoms with E-state index in [0.717, 1.165) is 6.42 Å². The number of hydrogen-bond acceptors (Lipinski definition) is 3. The molecular weight excluding hydrogens is 242 g/mol. The van der Waals surface area contributed by atoms with Gasteiger partial charge in [0.05, 0.1) is 6.10 Å². The molecule has 1 heterocycles. The van der Waals surface area contributed by atoms with Crippen LogP contribution in [-0.4, -0.2) is 29.8 Å². The second-order valence-electron chi connectivity index (χ2n) is 5.20. The Bertz CT molecular complexity index is 430. The van der Waals surface area contributed by atoms with Gasteiger partial charge < -0.3 is 15.2 Å². The van der Waals surface area contributed by atoms with E-state index in [-0.39, 0.29) is 12.1 Å². The Morgan fingerprint density at radius 1 is 1.42 bits per heavy atom. The number of rotatable bonds is 5. The number of carbonyl (C=O) groups is 1. The smallest absolute Gasteiger partial charge is 0.332 e. The largest absolute Gasteiger partial charge is 0.479 e. The van der Waals surface area contributed by atoms with Crippen LogP contribution in [0.1, 0.15) is 36.9 Å². The van der Waals surface area contributed by atoms with E-state index in [2.05, 4.69) is 43.4 Å². The summed E-state index contributed by atoms with van der Waals surface area (Å²) in [5, 5.41) is 12.3. The summed E-state index contributed by atoms with van der Waals surface area (Å²) in [6, 6.07) is 8.67. The monoisotopic (exact) mass is 263 g/mol. The third kappa shape index (κ3) is 3.78. The van der Waals surface area contributed by atoms with Crippen LogP contribution in [0.5, 0.6) is 0 Å². The van der Waals surface area contributed by atoms with Crippen molar-refractivity contribution in [2.75, 3.05) is 6.54 Å². The predicted molar refractivity (Wildman–Crippen MR) is 73.1 cm³/mol. The number of nitrogens with one attached hydrogen (secondary N) is 1. The summed E-state index contributed by atoms with van der Waals surface area (Å²) < 4.78 is 5.47. The molecule has 1 fully saturated rings. The van der Waals surface area contributed by atoms with Gasteiger partial charge in [0.25, 0.3) is 0 Å². The van der Waals surface area contributed by atoms with Crippen LogP contribution in [0.25, 0.3) is 0 Å². The van der Waals surface area contributed by atoms with Crippen LogP contribution >= 0.6 is 0 Å². The second kappa shape index (κ2) is 6.17. The van der Waals surface area contributed by atoms with Gasteiger partial charge in [0.2, 0.25) is 0 Å². The normalized spacial score (nSPS) is 24.3. The molecule has 1 aliphatic rings. The lowest BCUT2D eigenvalue weighted by atomic mass is 10.1. The first-order valence-electron chi connectivity index (χ1n) is 6.74. The molecule has 3 atom stereocenters. The van der Waals surface area contributed by atoms with Gasteiger partial charge in [0.1, 0.15) is 0 Å². The molecule has 4 heteroatoms. The van der Waals surface area contributed by atoms with E-state index in [1.165, 1.54) is 11.1 Å². The topological polar surface area (TPSA) is 58.6 Å². The molecule has 0 radical (unpaired) electrons. The van der Waals surface area contributed by atoms with Gasteiger partial charge in [-0.05, 0) is 32.3 Å². The average molecular weight is 263 g/mol. The third-order valence-corrected chi connectivity index (χ3v) is 3.61. The van der Waals surface area contributed by atoms with Crippen LogP contribution in [0.15, 0.2) is 24.3 Å². The maximum Gasteiger partial charge on any atom is 0.332 e. The van der Waals surface area contributed by atoms with E-state index in [9.17, 15) is 4.79 Å². The van der Waals surface area contributed by atoms with Crippen LogP contribution < -0.4 is 5.32 Å². The number of hydrogen-bond donors (Lipinski definition) is 2. The van der Waals surface area contributed by atoms with Crippen molar-refractivity contribution < 1.29 is 14.6 Å². The molecule has 0 aliphatic carbocycles. The van der Waals surface area contributed by atoms with Gasteiger partial charge in [0, 0.05) is 12.6 Å². The highest BCUT2D eigenvalue weighted by Crippen LogP contribution is 2.20. The minimum atomic E-state index is -0.853. The van der Waals surface area contributed by atoms with Crippen LogP contribution in [0.4, 0.5) is 0 Å². The van der Waals surface area contributed by atoms with Gasteiger partial charge in [-0.1, -0.05) is 29.8 Å². The summed E-state index contributed by atoms with van der Waals surface area (Å²) in [7, 11) is 0. The number of carboxylic acid groups (broad SMARTS) is 1. The lowest BCUT2D eigenvalue weighted by Gasteiger charge is -2.18. The van der Waals surface area contributed by atoms with Crippen molar-refractivity contribution in [3.05, 3.63) is 35.4 Å². The lowest BCUT2D eigenvalue weighted by molar-refractivity contribution is -0.149. The van der Waals surface area contributed by atoms with E-state index in [1.54, 1.807) is 0 Å². The molecule has 0 bridgehead atoms. The molecule has 1 aliphatic heterocycles. The molecule has 19 heavy (non-hydrogen) atoms. The van der Waals surface area contributed by atoms with Gasteiger partial charge in [0.15, 0.2) is 6.10 Å². The van der Waals surface area contributed by atoms with E-state index < -0.39 is 12.1 Å². The van der Waals surface area contributed by atoms with Gasteiger partial charge in [-0.2, -0.15) is 0 Å². The molecule has 0 amide bonds. The molecular formula is C15H21NO3. The van der Waals surface area contributed by atoms with E-state index in [1.807, 2.05) is 0 Å². The summed E-state index contributed by atoms with van der Waals surface area (Å²) in [6.07, 6.45) is 0.807. The quantitative estimate of drug-likeness (QED) is 0.855. The van der Waals surface area contributed by atoms with Crippen molar-refractivity contribution in [2.45, 2.75) is 44.9 Å². The third-order valence-electron chi connectivity index (χ3n) is 3.61. The van der Waals surface area contributed by atoms with E-state index in [4.69, 9.17) is 9.84 Å². The number of ether oxygens (including phenoxy) is 1. The summed E-state index contributed by atoms with van der Waals surface area (Å²) >= 11 is 0. The number of carboxylic acids is 1. The maximum absolute atomic E-state index is 10.8. The SMILES string of the molecule is Cc1ccc(C(C)NCC2CCC(C(=O)O)O2)cc1. The van der Waals surface area contributed by atoms with Gasteiger partial charge in [-0.3, -0.25) is 0 Å². The Labute approximate surface area is 113 Å². The first kappa shape index (κ1) is 14.0. The van der Waals surface area contributed by atoms with E-state index >= 15 is 0 Å². The molecule has 1 saturated heterocycles. The first-order chi connectivity index (χ1) is 9.06.